The standard InChI is InChI=1S/C16H23N3O3S/c1-16(2,22)9-18(3)15(21)13-17-12(8-23-13)14(20)19-10-4-5-11(19)7-6-10/h8,10-11,22H,4-7,9H2,1-3H3/t10-,11-. The lowest BCUT2D eigenvalue weighted by Gasteiger charge is -2.24. The molecule has 7 heteroatoms. The Morgan fingerprint density at radius 1 is 1.35 bits per heavy atom. The molecular weight excluding hydrogens is 314 g/mol. The Morgan fingerprint density at radius 3 is 2.43 bits per heavy atom. The van der Waals surface area contributed by atoms with Crippen LogP contribution in [0.4, 0.5) is 0 Å². The summed E-state index contributed by atoms with van der Waals surface area (Å²) in [7, 11) is 1.63. The molecule has 2 saturated heterocycles. The molecule has 3 rings (SSSR count). The van der Waals surface area contributed by atoms with Crippen molar-refractivity contribution in [3.63, 3.8) is 0 Å². The summed E-state index contributed by atoms with van der Waals surface area (Å²) in [5.41, 5.74) is -0.594. The molecule has 2 aliphatic rings. The van der Waals surface area contributed by atoms with Crippen molar-refractivity contribution in [2.24, 2.45) is 0 Å². The van der Waals surface area contributed by atoms with Crippen LogP contribution in [-0.4, -0.2) is 63.0 Å². The second-order valence-electron chi connectivity index (χ2n) is 7.19. The maximum absolute atomic E-state index is 12.6. The number of carbonyl (C=O) groups is 2. The molecule has 0 unspecified atom stereocenters. The molecule has 0 aliphatic carbocycles. The fourth-order valence-corrected chi connectivity index (χ4v) is 4.45. The van der Waals surface area contributed by atoms with Crippen molar-refractivity contribution < 1.29 is 14.7 Å². The van der Waals surface area contributed by atoms with E-state index in [1.54, 1.807) is 26.3 Å². The van der Waals surface area contributed by atoms with E-state index in [1.807, 2.05) is 4.90 Å². The molecule has 0 spiro atoms. The summed E-state index contributed by atoms with van der Waals surface area (Å²) in [5.74, 6) is -0.309. The van der Waals surface area contributed by atoms with Gasteiger partial charge in [0, 0.05) is 31.1 Å². The smallest absolute Gasteiger partial charge is 0.282 e. The van der Waals surface area contributed by atoms with Gasteiger partial charge in [-0.3, -0.25) is 9.59 Å². The molecule has 1 aromatic rings. The van der Waals surface area contributed by atoms with E-state index in [0.29, 0.717) is 22.8 Å². The number of thiazole rings is 1. The summed E-state index contributed by atoms with van der Waals surface area (Å²) in [6.07, 6.45) is 4.34. The van der Waals surface area contributed by atoms with Gasteiger partial charge in [0.15, 0.2) is 5.01 Å². The number of hydrogen-bond donors (Lipinski definition) is 1. The van der Waals surface area contributed by atoms with Crippen LogP contribution in [0.2, 0.25) is 0 Å². The zero-order valence-electron chi connectivity index (χ0n) is 13.8. The van der Waals surface area contributed by atoms with Crippen LogP contribution in [0.5, 0.6) is 0 Å². The van der Waals surface area contributed by atoms with Crippen LogP contribution in [0.1, 0.15) is 59.8 Å². The summed E-state index contributed by atoms with van der Waals surface area (Å²) >= 11 is 1.19. The molecule has 2 fully saturated rings. The molecule has 2 amide bonds. The zero-order chi connectivity index (χ0) is 16.8. The molecule has 3 heterocycles. The topological polar surface area (TPSA) is 73.7 Å². The second kappa shape index (κ2) is 5.87. The first-order chi connectivity index (χ1) is 10.8. The highest BCUT2D eigenvalue weighted by molar-refractivity contribution is 7.11. The first-order valence-electron chi connectivity index (χ1n) is 8.02. The lowest BCUT2D eigenvalue weighted by Crippen LogP contribution is -2.39. The minimum Gasteiger partial charge on any atom is -0.389 e. The number of hydrogen-bond acceptors (Lipinski definition) is 5. The maximum Gasteiger partial charge on any atom is 0.282 e. The Kier molecular flexibility index (Phi) is 4.18. The largest absolute Gasteiger partial charge is 0.389 e. The number of likely N-dealkylation sites (N-methyl/N-ethyl adjacent to an activating group) is 1. The van der Waals surface area contributed by atoms with Crippen molar-refractivity contribution in [1.82, 2.24) is 14.8 Å². The van der Waals surface area contributed by atoms with Gasteiger partial charge in [-0.2, -0.15) is 0 Å². The molecular formula is C16H23N3O3S. The molecule has 0 saturated carbocycles. The Labute approximate surface area is 140 Å². The van der Waals surface area contributed by atoms with Gasteiger partial charge in [-0.05, 0) is 39.5 Å². The maximum atomic E-state index is 12.6. The Balaban J connectivity index is 1.70. The molecule has 126 valence electrons. The van der Waals surface area contributed by atoms with Crippen molar-refractivity contribution in [3.8, 4) is 0 Å². The van der Waals surface area contributed by atoms with Crippen molar-refractivity contribution in [2.45, 2.75) is 57.2 Å². The van der Waals surface area contributed by atoms with Crippen molar-refractivity contribution >= 4 is 23.2 Å². The van der Waals surface area contributed by atoms with E-state index in [-0.39, 0.29) is 18.4 Å². The average molecular weight is 337 g/mol. The fraction of sp³-hybridized carbons (Fsp3) is 0.688. The third kappa shape index (κ3) is 3.26. The van der Waals surface area contributed by atoms with E-state index >= 15 is 0 Å². The summed E-state index contributed by atoms with van der Waals surface area (Å²) < 4.78 is 0. The predicted octanol–water partition coefficient (Wildman–Crippen LogP) is 1.75. The highest BCUT2D eigenvalue weighted by Gasteiger charge is 2.43. The molecule has 2 bridgehead atoms. The van der Waals surface area contributed by atoms with Crippen LogP contribution in [0.15, 0.2) is 5.38 Å². The number of fused-ring (bicyclic) bond motifs is 2. The molecule has 0 aromatic carbocycles. The van der Waals surface area contributed by atoms with E-state index in [4.69, 9.17) is 0 Å². The van der Waals surface area contributed by atoms with Gasteiger partial charge in [0.2, 0.25) is 0 Å². The number of amides is 2. The predicted molar refractivity (Wildman–Crippen MR) is 87.6 cm³/mol. The van der Waals surface area contributed by atoms with Crippen LogP contribution < -0.4 is 0 Å². The Hall–Kier alpha value is -1.47. The van der Waals surface area contributed by atoms with E-state index in [2.05, 4.69) is 4.98 Å². The number of rotatable bonds is 4. The van der Waals surface area contributed by atoms with Gasteiger partial charge in [0.05, 0.1) is 5.60 Å². The molecule has 6 nitrogen and oxygen atoms in total. The molecule has 0 radical (unpaired) electrons. The molecule has 0 atom stereocenters. The monoisotopic (exact) mass is 337 g/mol. The first kappa shape index (κ1) is 16.4. The fourth-order valence-electron chi connectivity index (χ4n) is 3.66. The van der Waals surface area contributed by atoms with E-state index in [0.717, 1.165) is 25.7 Å². The lowest BCUT2D eigenvalue weighted by molar-refractivity contribution is 0.0367. The Bertz CT molecular complexity index is 602. The van der Waals surface area contributed by atoms with Gasteiger partial charge >= 0.3 is 0 Å². The highest BCUT2D eigenvalue weighted by Crippen LogP contribution is 2.38. The number of aromatic nitrogens is 1. The van der Waals surface area contributed by atoms with E-state index in [1.165, 1.54) is 16.2 Å². The number of nitrogens with zero attached hydrogens (tertiary/aromatic N) is 3. The highest BCUT2D eigenvalue weighted by atomic mass is 32.1. The van der Waals surface area contributed by atoms with Gasteiger partial charge < -0.3 is 14.9 Å². The van der Waals surface area contributed by atoms with Crippen LogP contribution in [0.25, 0.3) is 0 Å². The molecule has 1 aromatic heterocycles. The summed E-state index contributed by atoms with van der Waals surface area (Å²) in [4.78, 5) is 32.7. The zero-order valence-corrected chi connectivity index (χ0v) is 14.6. The van der Waals surface area contributed by atoms with Crippen LogP contribution in [0.3, 0.4) is 0 Å². The summed E-state index contributed by atoms with van der Waals surface area (Å²) in [5, 5.41) is 11.8. The van der Waals surface area contributed by atoms with Gasteiger partial charge in [0.25, 0.3) is 11.8 Å². The minimum atomic E-state index is -0.963. The van der Waals surface area contributed by atoms with Crippen LogP contribution in [-0.2, 0) is 0 Å². The molecule has 1 N–H and O–H groups in total. The lowest BCUT2D eigenvalue weighted by atomic mass is 10.0. The van der Waals surface area contributed by atoms with Crippen LogP contribution >= 0.6 is 11.3 Å². The third-order valence-corrected chi connectivity index (χ3v) is 5.39. The van der Waals surface area contributed by atoms with Crippen molar-refractivity contribution in [2.75, 3.05) is 13.6 Å². The quantitative estimate of drug-likeness (QED) is 0.908. The average Bonchev–Trinajstić information content (AvgIpc) is 3.19. The number of carbonyl (C=O) groups excluding carboxylic acids is 2. The minimum absolute atomic E-state index is 0.0459. The van der Waals surface area contributed by atoms with Crippen molar-refractivity contribution in [3.05, 3.63) is 16.1 Å². The Morgan fingerprint density at radius 2 is 1.91 bits per heavy atom. The van der Waals surface area contributed by atoms with E-state index < -0.39 is 5.60 Å². The normalized spacial score (nSPS) is 23.4. The summed E-state index contributed by atoms with van der Waals surface area (Å²) in [6.45, 7) is 3.51. The number of aliphatic hydroxyl groups is 1. The van der Waals surface area contributed by atoms with Gasteiger partial charge in [0.1, 0.15) is 5.69 Å². The summed E-state index contributed by atoms with van der Waals surface area (Å²) in [6, 6.07) is 0.706. The van der Waals surface area contributed by atoms with Crippen LogP contribution in [0, 0.1) is 0 Å². The second-order valence-corrected chi connectivity index (χ2v) is 8.04. The third-order valence-electron chi connectivity index (χ3n) is 4.56. The van der Waals surface area contributed by atoms with E-state index in [9.17, 15) is 14.7 Å². The SMILES string of the molecule is CN(CC(C)(C)O)C(=O)c1nc(C(=O)N2[C@H]3CC[C@H]2CC3)cs1. The van der Waals surface area contributed by atoms with Gasteiger partial charge in [-0.1, -0.05) is 0 Å². The molecule has 2 aliphatic heterocycles. The van der Waals surface area contributed by atoms with Crippen molar-refractivity contribution in [1.29, 1.82) is 0 Å². The van der Waals surface area contributed by atoms with Gasteiger partial charge in [-0.15, -0.1) is 11.3 Å². The van der Waals surface area contributed by atoms with Gasteiger partial charge in [-0.25, -0.2) is 4.98 Å². The first-order valence-corrected chi connectivity index (χ1v) is 8.90. The molecule has 23 heavy (non-hydrogen) atoms.